The number of hydrogen-bond acceptors (Lipinski definition) is 5. The molecule has 6 nitrogen and oxygen atoms in total. The summed E-state index contributed by atoms with van der Waals surface area (Å²) in [5, 5.41) is 0.783. The lowest BCUT2D eigenvalue weighted by atomic mass is 10.1. The number of aromatic nitrogens is 1. The standard InChI is InChI=1S/C22H22INO5/c1-13-15-8-6-7-9-17(15)24(21(26)29-22(2,3)4)19(13)20(25)28-18-12-14(27-5)10-11-16(18)23/h6-12H,1-5H3. The van der Waals surface area contributed by atoms with E-state index in [0.717, 1.165) is 8.96 Å². The number of carbonyl (C=O) groups is 2. The molecule has 2 aromatic carbocycles. The van der Waals surface area contributed by atoms with Gasteiger partial charge in [-0.3, -0.25) is 0 Å². The highest BCUT2D eigenvalue weighted by Crippen LogP contribution is 2.30. The van der Waals surface area contributed by atoms with E-state index in [1.54, 1.807) is 59.1 Å². The van der Waals surface area contributed by atoms with Gasteiger partial charge in [-0.15, -0.1) is 0 Å². The minimum atomic E-state index is -0.709. The van der Waals surface area contributed by atoms with Crippen molar-refractivity contribution in [2.45, 2.75) is 33.3 Å². The van der Waals surface area contributed by atoms with Crippen LogP contribution in [-0.2, 0) is 4.74 Å². The molecule has 0 unspecified atom stereocenters. The molecule has 0 saturated carbocycles. The summed E-state index contributed by atoms with van der Waals surface area (Å²) in [5.74, 6) is 0.281. The molecule has 0 atom stereocenters. The Hall–Kier alpha value is -2.55. The summed E-state index contributed by atoms with van der Waals surface area (Å²) in [6.07, 6.45) is -0.630. The van der Waals surface area contributed by atoms with Crippen molar-refractivity contribution in [3.8, 4) is 11.5 Å². The van der Waals surface area contributed by atoms with Crippen LogP contribution in [0.15, 0.2) is 42.5 Å². The first-order chi connectivity index (χ1) is 13.6. The predicted octanol–water partition coefficient (Wildman–Crippen LogP) is 5.57. The Morgan fingerprint density at radius 3 is 2.41 bits per heavy atom. The van der Waals surface area contributed by atoms with E-state index in [1.165, 1.54) is 4.57 Å². The number of benzene rings is 2. The third-order valence-electron chi connectivity index (χ3n) is 4.24. The zero-order valence-corrected chi connectivity index (χ0v) is 19.1. The molecule has 7 heteroatoms. The molecule has 0 radical (unpaired) electrons. The lowest BCUT2D eigenvalue weighted by Gasteiger charge is -2.20. The molecule has 0 amide bonds. The molecule has 3 rings (SSSR count). The first-order valence-corrected chi connectivity index (χ1v) is 10.1. The normalized spacial score (nSPS) is 11.4. The van der Waals surface area contributed by atoms with Crippen molar-refractivity contribution in [3.63, 3.8) is 0 Å². The molecule has 0 aliphatic rings. The van der Waals surface area contributed by atoms with Gasteiger partial charge in [0.1, 0.15) is 22.8 Å². The van der Waals surface area contributed by atoms with Crippen LogP contribution in [-0.4, -0.2) is 29.3 Å². The van der Waals surface area contributed by atoms with Crippen LogP contribution in [0.2, 0.25) is 0 Å². The van der Waals surface area contributed by atoms with E-state index in [4.69, 9.17) is 14.2 Å². The largest absolute Gasteiger partial charge is 0.497 e. The number of rotatable bonds is 3. The molecule has 3 aromatic rings. The minimum absolute atomic E-state index is 0.138. The first-order valence-electron chi connectivity index (χ1n) is 9.01. The SMILES string of the molecule is COc1ccc(I)c(OC(=O)c2c(C)c3ccccc3n2C(=O)OC(C)(C)C)c1. The highest BCUT2D eigenvalue weighted by molar-refractivity contribution is 14.1. The summed E-state index contributed by atoms with van der Waals surface area (Å²) in [5.41, 5.74) is 0.666. The summed E-state index contributed by atoms with van der Waals surface area (Å²) in [7, 11) is 1.54. The van der Waals surface area contributed by atoms with E-state index in [9.17, 15) is 9.59 Å². The molecule has 29 heavy (non-hydrogen) atoms. The number of aryl methyl sites for hydroxylation is 1. The lowest BCUT2D eigenvalue weighted by Crippen LogP contribution is -2.29. The van der Waals surface area contributed by atoms with Crippen LogP contribution in [0.5, 0.6) is 11.5 Å². The van der Waals surface area contributed by atoms with Gasteiger partial charge in [0.05, 0.1) is 16.2 Å². The molecule has 0 spiro atoms. The number of ether oxygens (including phenoxy) is 3. The number of hydrogen-bond donors (Lipinski definition) is 0. The Labute approximate surface area is 182 Å². The van der Waals surface area contributed by atoms with Crippen LogP contribution in [0, 0.1) is 10.5 Å². The monoisotopic (exact) mass is 507 g/mol. The van der Waals surface area contributed by atoms with Gasteiger partial charge in [0.25, 0.3) is 0 Å². The van der Waals surface area contributed by atoms with E-state index >= 15 is 0 Å². The zero-order valence-electron chi connectivity index (χ0n) is 16.9. The first kappa shape index (κ1) is 21.2. The van der Waals surface area contributed by atoms with Gasteiger partial charge in [-0.2, -0.15) is 0 Å². The number of fused-ring (bicyclic) bond motifs is 1. The van der Waals surface area contributed by atoms with Crippen molar-refractivity contribution >= 4 is 45.6 Å². The van der Waals surface area contributed by atoms with Crippen molar-refractivity contribution < 1.29 is 23.8 Å². The smallest absolute Gasteiger partial charge is 0.419 e. The number of halogens is 1. The van der Waals surface area contributed by atoms with Gasteiger partial charge in [-0.1, -0.05) is 18.2 Å². The van der Waals surface area contributed by atoms with E-state index in [-0.39, 0.29) is 5.69 Å². The number of para-hydroxylation sites is 1. The van der Waals surface area contributed by atoms with E-state index < -0.39 is 17.7 Å². The average Bonchev–Trinajstić information content (AvgIpc) is 2.95. The molecule has 0 saturated heterocycles. The Kier molecular flexibility index (Phi) is 5.88. The Morgan fingerprint density at radius 2 is 1.76 bits per heavy atom. The molecular formula is C22H22INO5. The maximum atomic E-state index is 13.2. The van der Waals surface area contributed by atoms with Crippen LogP contribution in [0.4, 0.5) is 4.79 Å². The summed E-state index contributed by atoms with van der Waals surface area (Å²) < 4.78 is 18.4. The quantitative estimate of drug-likeness (QED) is 0.264. The maximum Gasteiger partial charge on any atom is 0.419 e. The maximum absolute atomic E-state index is 13.2. The van der Waals surface area contributed by atoms with Crippen LogP contribution in [0.1, 0.15) is 36.8 Å². The zero-order chi connectivity index (χ0) is 21.3. The molecule has 0 fully saturated rings. The predicted molar refractivity (Wildman–Crippen MR) is 119 cm³/mol. The van der Waals surface area contributed by atoms with Gasteiger partial charge in [0.2, 0.25) is 0 Å². The molecule has 1 aromatic heterocycles. The lowest BCUT2D eigenvalue weighted by molar-refractivity contribution is 0.0518. The van der Waals surface area contributed by atoms with Gasteiger partial charge in [-0.25, -0.2) is 14.2 Å². The van der Waals surface area contributed by atoms with E-state index in [2.05, 4.69) is 22.6 Å². The molecule has 0 bridgehead atoms. The van der Waals surface area contributed by atoms with E-state index in [0.29, 0.717) is 22.6 Å². The molecular weight excluding hydrogens is 485 g/mol. The second-order valence-corrected chi connectivity index (χ2v) is 8.65. The molecule has 0 N–H and O–H groups in total. The summed E-state index contributed by atoms with van der Waals surface area (Å²) in [4.78, 5) is 26.1. The van der Waals surface area contributed by atoms with Crippen LogP contribution < -0.4 is 9.47 Å². The third-order valence-corrected chi connectivity index (χ3v) is 5.13. The van der Waals surface area contributed by atoms with Crippen molar-refractivity contribution in [2.24, 2.45) is 0 Å². The Morgan fingerprint density at radius 1 is 1.07 bits per heavy atom. The van der Waals surface area contributed by atoms with Crippen LogP contribution >= 0.6 is 22.6 Å². The van der Waals surface area contributed by atoms with Gasteiger partial charge < -0.3 is 14.2 Å². The van der Waals surface area contributed by atoms with Gasteiger partial charge in [0, 0.05) is 11.5 Å². The van der Waals surface area contributed by atoms with E-state index in [1.807, 2.05) is 18.2 Å². The van der Waals surface area contributed by atoms with Gasteiger partial charge in [-0.05, 0) is 74.0 Å². The molecule has 1 heterocycles. The fourth-order valence-corrected chi connectivity index (χ4v) is 3.43. The Balaban J connectivity index is 2.11. The fraction of sp³-hybridized carbons (Fsp3) is 0.273. The highest BCUT2D eigenvalue weighted by atomic mass is 127. The van der Waals surface area contributed by atoms with Gasteiger partial charge >= 0.3 is 12.1 Å². The molecule has 0 aliphatic heterocycles. The summed E-state index contributed by atoms with van der Waals surface area (Å²) in [6.45, 7) is 7.12. The average molecular weight is 507 g/mol. The van der Waals surface area contributed by atoms with Crippen molar-refractivity contribution in [3.05, 3.63) is 57.3 Å². The second-order valence-electron chi connectivity index (χ2n) is 7.49. The number of nitrogens with zero attached hydrogens (tertiary/aromatic N) is 1. The molecule has 0 aliphatic carbocycles. The fourth-order valence-electron chi connectivity index (χ4n) is 2.98. The van der Waals surface area contributed by atoms with Gasteiger partial charge in [0.15, 0.2) is 0 Å². The number of carbonyl (C=O) groups excluding carboxylic acids is 2. The van der Waals surface area contributed by atoms with Crippen molar-refractivity contribution in [1.82, 2.24) is 4.57 Å². The summed E-state index contributed by atoms with van der Waals surface area (Å²) in [6, 6.07) is 12.5. The topological polar surface area (TPSA) is 66.8 Å². The van der Waals surface area contributed by atoms with Crippen LogP contribution in [0.25, 0.3) is 10.9 Å². The van der Waals surface area contributed by atoms with Crippen LogP contribution in [0.3, 0.4) is 0 Å². The summed E-state index contributed by atoms with van der Waals surface area (Å²) >= 11 is 2.08. The van der Waals surface area contributed by atoms with Crippen molar-refractivity contribution in [2.75, 3.05) is 7.11 Å². The highest BCUT2D eigenvalue weighted by Gasteiger charge is 2.29. The Bertz CT molecular complexity index is 1090. The third kappa shape index (κ3) is 4.39. The minimum Gasteiger partial charge on any atom is -0.497 e. The number of methoxy groups -OCH3 is 1. The van der Waals surface area contributed by atoms with Crippen molar-refractivity contribution in [1.29, 1.82) is 0 Å². The second kappa shape index (κ2) is 8.06. The number of esters is 1. The molecule has 152 valence electrons.